The van der Waals surface area contributed by atoms with Crippen molar-refractivity contribution in [2.75, 3.05) is 7.11 Å². The van der Waals surface area contributed by atoms with Crippen molar-refractivity contribution < 1.29 is 9.53 Å². The zero-order valence-electron chi connectivity index (χ0n) is 14.3. The first-order chi connectivity index (χ1) is 12.3. The van der Waals surface area contributed by atoms with Crippen LogP contribution in [0, 0.1) is 0 Å². The molecule has 0 spiro atoms. The average Bonchev–Trinajstić information content (AvgIpc) is 2.67. The van der Waals surface area contributed by atoms with Gasteiger partial charge >= 0.3 is 5.97 Å². The Bertz CT molecular complexity index is 913. The van der Waals surface area contributed by atoms with Crippen molar-refractivity contribution in [3.63, 3.8) is 0 Å². The minimum atomic E-state index is -0.237. The first-order valence-electron chi connectivity index (χ1n) is 8.61. The van der Waals surface area contributed by atoms with Gasteiger partial charge in [0, 0.05) is 13.1 Å². The normalized spacial score (nSPS) is 17.2. The smallest absolute Gasteiger partial charge is 0.323 e. The number of esters is 1. The maximum atomic E-state index is 12.4. The highest BCUT2D eigenvalue weighted by Gasteiger charge is 2.32. The Kier molecular flexibility index (Phi) is 4.24. The molecule has 0 aliphatic carbocycles. The Morgan fingerprint density at radius 3 is 2.56 bits per heavy atom. The summed E-state index contributed by atoms with van der Waals surface area (Å²) in [5.74, 6) is -0.158. The van der Waals surface area contributed by atoms with Crippen molar-refractivity contribution >= 4 is 16.7 Å². The molecule has 0 fully saturated rings. The van der Waals surface area contributed by atoms with Gasteiger partial charge in [-0.2, -0.15) is 0 Å². The zero-order valence-corrected chi connectivity index (χ0v) is 14.3. The summed E-state index contributed by atoms with van der Waals surface area (Å²) in [6.07, 6.45) is 0.702. The lowest BCUT2D eigenvalue weighted by Gasteiger charge is -2.35. The van der Waals surface area contributed by atoms with E-state index >= 15 is 0 Å². The van der Waals surface area contributed by atoms with Crippen molar-refractivity contribution in [3.8, 4) is 0 Å². The Labute approximate surface area is 147 Å². The van der Waals surface area contributed by atoms with Gasteiger partial charge in [-0.15, -0.1) is 0 Å². The monoisotopic (exact) mass is 331 g/mol. The molecule has 3 nitrogen and oxygen atoms in total. The molecule has 1 atom stereocenters. The molecule has 3 aromatic carbocycles. The number of ether oxygens (including phenoxy) is 1. The Hall–Kier alpha value is -2.65. The van der Waals surface area contributed by atoms with Gasteiger partial charge in [0.25, 0.3) is 0 Å². The fourth-order valence-electron chi connectivity index (χ4n) is 3.76. The number of hydrogen-bond donors (Lipinski definition) is 0. The lowest BCUT2D eigenvalue weighted by atomic mass is 9.93. The molecule has 0 saturated carbocycles. The van der Waals surface area contributed by atoms with Gasteiger partial charge < -0.3 is 4.74 Å². The van der Waals surface area contributed by atoms with Crippen molar-refractivity contribution in [2.45, 2.75) is 25.6 Å². The molecule has 0 N–H and O–H groups in total. The molecule has 126 valence electrons. The molecular weight excluding hydrogens is 310 g/mol. The molecule has 0 amide bonds. The SMILES string of the molecule is COC(=O)C1Cc2ccccc2CN1Cc1cccc2ccccc12. The number of carbonyl (C=O) groups excluding carboxylic acids is 1. The lowest BCUT2D eigenvalue weighted by Crippen LogP contribution is -2.45. The van der Waals surface area contributed by atoms with Gasteiger partial charge in [-0.05, 0) is 33.9 Å². The van der Waals surface area contributed by atoms with E-state index in [4.69, 9.17) is 4.74 Å². The minimum absolute atomic E-state index is 0.158. The van der Waals surface area contributed by atoms with Crippen LogP contribution in [0.2, 0.25) is 0 Å². The molecule has 1 aliphatic rings. The predicted octanol–water partition coefficient (Wildman–Crippen LogP) is 3.94. The van der Waals surface area contributed by atoms with Gasteiger partial charge in [-0.1, -0.05) is 66.7 Å². The van der Waals surface area contributed by atoms with Gasteiger partial charge in [0.2, 0.25) is 0 Å². The molecule has 1 aliphatic heterocycles. The maximum Gasteiger partial charge on any atom is 0.323 e. The van der Waals surface area contributed by atoms with E-state index in [1.807, 2.05) is 6.07 Å². The van der Waals surface area contributed by atoms with Crippen LogP contribution in [0.15, 0.2) is 66.7 Å². The van der Waals surface area contributed by atoms with Crippen LogP contribution in [0.4, 0.5) is 0 Å². The quantitative estimate of drug-likeness (QED) is 0.681. The van der Waals surface area contributed by atoms with Gasteiger partial charge in [-0.3, -0.25) is 9.69 Å². The minimum Gasteiger partial charge on any atom is -0.468 e. The molecule has 25 heavy (non-hydrogen) atoms. The Balaban J connectivity index is 1.70. The summed E-state index contributed by atoms with van der Waals surface area (Å²) < 4.78 is 5.08. The number of fused-ring (bicyclic) bond motifs is 2. The summed E-state index contributed by atoms with van der Waals surface area (Å²) in [6, 6.07) is 22.9. The molecule has 3 aromatic rings. The topological polar surface area (TPSA) is 29.5 Å². The second-order valence-electron chi connectivity index (χ2n) is 6.56. The van der Waals surface area contributed by atoms with E-state index in [9.17, 15) is 4.79 Å². The molecule has 0 bridgehead atoms. The highest BCUT2D eigenvalue weighted by atomic mass is 16.5. The standard InChI is InChI=1S/C22H21NO2/c1-25-22(24)21-13-17-8-2-3-9-18(17)14-23(21)15-19-11-6-10-16-7-4-5-12-20(16)19/h2-12,21H,13-15H2,1H3. The zero-order chi connectivity index (χ0) is 17.2. The average molecular weight is 331 g/mol. The summed E-state index contributed by atoms with van der Waals surface area (Å²) in [7, 11) is 1.47. The molecular formula is C22H21NO2. The number of hydrogen-bond acceptors (Lipinski definition) is 3. The molecule has 0 saturated heterocycles. The molecule has 0 radical (unpaired) electrons. The van der Waals surface area contributed by atoms with E-state index < -0.39 is 0 Å². The van der Waals surface area contributed by atoms with Crippen LogP contribution in [-0.4, -0.2) is 24.0 Å². The Morgan fingerprint density at radius 2 is 1.72 bits per heavy atom. The van der Waals surface area contributed by atoms with E-state index in [1.54, 1.807) is 0 Å². The van der Waals surface area contributed by atoms with Crippen LogP contribution in [0.1, 0.15) is 16.7 Å². The second kappa shape index (κ2) is 6.69. The van der Waals surface area contributed by atoms with Crippen LogP contribution in [0.25, 0.3) is 10.8 Å². The van der Waals surface area contributed by atoms with Crippen LogP contribution in [0.3, 0.4) is 0 Å². The number of benzene rings is 3. The van der Waals surface area contributed by atoms with E-state index in [2.05, 4.69) is 65.6 Å². The van der Waals surface area contributed by atoms with Gasteiger partial charge in [0.15, 0.2) is 0 Å². The third kappa shape index (κ3) is 3.03. The number of nitrogens with zero attached hydrogens (tertiary/aromatic N) is 1. The second-order valence-corrected chi connectivity index (χ2v) is 6.56. The highest BCUT2D eigenvalue weighted by Crippen LogP contribution is 2.27. The van der Waals surface area contributed by atoms with Crippen LogP contribution >= 0.6 is 0 Å². The largest absolute Gasteiger partial charge is 0.468 e. The number of methoxy groups -OCH3 is 1. The summed E-state index contributed by atoms with van der Waals surface area (Å²) in [5.41, 5.74) is 3.78. The van der Waals surface area contributed by atoms with Crippen LogP contribution < -0.4 is 0 Å². The summed E-state index contributed by atoms with van der Waals surface area (Å²) in [5, 5.41) is 2.47. The van der Waals surface area contributed by atoms with Crippen molar-refractivity contribution in [3.05, 3.63) is 83.4 Å². The van der Waals surface area contributed by atoms with Crippen molar-refractivity contribution in [2.24, 2.45) is 0 Å². The first-order valence-corrected chi connectivity index (χ1v) is 8.61. The van der Waals surface area contributed by atoms with Crippen LogP contribution in [0.5, 0.6) is 0 Å². The number of rotatable bonds is 3. The van der Waals surface area contributed by atoms with E-state index in [0.717, 1.165) is 13.1 Å². The summed E-state index contributed by atoms with van der Waals surface area (Å²) in [6.45, 7) is 1.49. The third-order valence-electron chi connectivity index (χ3n) is 5.07. The van der Waals surface area contributed by atoms with Gasteiger partial charge in [-0.25, -0.2) is 0 Å². The molecule has 1 heterocycles. The predicted molar refractivity (Wildman–Crippen MR) is 99.1 cm³/mol. The highest BCUT2D eigenvalue weighted by molar-refractivity contribution is 5.85. The lowest BCUT2D eigenvalue weighted by molar-refractivity contribution is -0.147. The molecule has 3 heteroatoms. The Morgan fingerprint density at radius 1 is 1.00 bits per heavy atom. The van der Waals surface area contributed by atoms with E-state index in [0.29, 0.717) is 6.42 Å². The van der Waals surface area contributed by atoms with Crippen molar-refractivity contribution in [1.82, 2.24) is 4.90 Å². The first kappa shape index (κ1) is 15.9. The van der Waals surface area contributed by atoms with Crippen molar-refractivity contribution in [1.29, 1.82) is 0 Å². The van der Waals surface area contributed by atoms with Gasteiger partial charge in [0.05, 0.1) is 7.11 Å². The van der Waals surface area contributed by atoms with E-state index in [1.165, 1.54) is 34.6 Å². The van der Waals surface area contributed by atoms with Crippen LogP contribution in [-0.2, 0) is 29.0 Å². The summed E-state index contributed by atoms with van der Waals surface area (Å²) in [4.78, 5) is 14.6. The van der Waals surface area contributed by atoms with Gasteiger partial charge in [0.1, 0.15) is 6.04 Å². The molecule has 0 aromatic heterocycles. The fraction of sp³-hybridized carbons (Fsp3) is 0.227. The molecule has 1 unspecified atom stereocenters. The third-order valence-corrected chi connectivity index (χ3v) is 5.07. The molecule has 4 rings (SSSR count). The fourth-order valence-corrected chi connectivity index (χ4v) is 3.76. The summed E-state index contributed by atoms with van der Waals surface area (Å²) >= 11 is 0. The maximum absolute atomic E-state index is 12.4. The van der Waals surface area contributed by atoms with E-state index in [-0.39, 0.29) is 12.0 Å². The number of carbonyl (C=O) groups is 1.